The van der Waals surface area contributed by atoms with Crippen molar-refractivity contribution in [3.05, 3.63) is 23.9 Å². The summed E-state index contributed by atoms with van der Waals surface area (Å²) in [6, 6.07) is 7.38. The molecule has 1 aromatic rings. The lowest BCUT2D eigenvalue weighted by Gasteiger charge is -2.23. The van der Waals surface area contributed by atoms with Crippen molar-refractivity contribution in [3.63, 3.8) is 0 Å². The van der Waals surface area contributed by atoms with Gasteiger partial charge in [-0.15, -0.1) is 0 Å². The average Bonchev–Trinajstić information content (AvgIpc) is 3.26. The van der Waals surface area contributed by atoms with E-state index in [0.717, 1.165) is 25.7 Å². The molecule has 4 rings (SSSR count). The summed E-state index contributed by atoms with van der Waals surface area (Å²) in [7, 11) is -3.13. The fourth-order valence-electron chi connectivity index (χ4n) is 3.61. The molecule has 1 N–H and O–H groups in total. The van der Waals surface area contributed by atoms with Crippen molar-refractivity contribution in [2.75, 3.05) is 25.0 Å². The standard InChI is InChI=1S/C16H20N4O3S/c17-9-12-2-1-3-15(18-12)19-13-8-16(23-10-13)6-7-20(11-16)24(21,22)14-4-5-14/h1-3,13-14H,4-8,10-11H2,(H,18,19)/t13-,16-/m0/s1. The van der Waals surface area contributed by atoms with Crippen LogP contribution in [-0.4, -0.2) is 54.3 Å². The number of nitriles is 1. The molecule has 0 aromatic carbocycles. The minimum Gasteiger partial charge on any atom is -0.371 e. The fourth-order valence-corrected chi connectivity index (χ4v) is 5.52. The SMILES string of the molecule is N#Cc1cccc(N[C@@H]2CO[C@@]3(CCN(S(=O)(=O)C4CC4)C3)C2)n1. The van der Waals surface area contributed by atoms with E-state index in [9.17, 15) is 8.42 Å². The van der Waals surface area contributed by atoms with Crippen LogP contribution in [0.4, 0.5) is 5.82 Å². The molecule has 0 radical (unpaired) electrons. The number of anilines is 1. The van der Waals surface area contributed by atoms with Crippen LogP contribution in [0, 0.1) is 11.3 Å². The number of pyridine rings is 1. The summed E-state index contributed by atoms with van der Waals surface area (Å²) >= 11 is 0. The number of nitrogens with one attached hydrogen (secondary N) is 1. The zero-order valence-corrected chi connectivity index (χ0v) is 14.1. The van der Waals surface area contributed by atoms with E-state index in [0.29, 0.717) is 31.2 Å². The highest BCUT2D eigenvalue weighted by molar-refractivity contribution is 7.90. The van der Waals surface area contributed by atoms with E-state index in [1.54, 1.807) is 16.4 Å². The quantitative estimate of drug-likeness (QED) is 0.875. The Bertz CT molecular complexity index is 787. The minimum absolute atomic E-state index is 0.0787. The molecule has 0 bridgehead atoms. The van der Waals surface area contributed by atoms with Crippen LogP contribution in [0.2, 0.25) is 0 Å². The van der Waals surface area contributed by atoms with Gasteiger partial charge in [-0.25, -0.2) is 13.4 Å². The number of aromatic nitrogens is 1. The van der Waals surface area contributed by atoms with Gasteiger partial charge in [0.1, 0.15) is 17.6 Å². The molecular formula is C16H20N4O3S. The number of nitrogens with zero attached hydrogens (tertiary/aromatic N) is 3. The van der Waals surface area contributed by atoms with Gasteiger partial charge in [0, 0.05) is 19.5 Å². The van der Waals surface area contributed by atoms with Crippen LogP contribution in [0.5, 0.6) is 0 Å². The van der Waals surface area contributed by atoms with Gasteiger partial charge in [-0.1, -0.05) is 6.07 Å². The zero-order valence-electron chi connectivity index (χ0n) is 13.3. The van der Waals surface area contributed by atoms with Gasteiger partial charge in [0.15, 0.2) is 0 Å². The number of rotatable bonds is 4. The van der Waals surface area contributed by atoms with E-state index in [2.05, 4.69) is 10.3 Å². The molecule has 1 saturated carbocycles. The molecule has 2 atom stereocenters. The third kappa shape index (κ3) is 2.88. The number of sulfonamides is 1. The van der Waals surface area contributed by atoms with Gasteiger partial charge >= 0.3 is 0 Å². The summed E-state index contributed by atoms with van der Waals surface area (Å²) in [5, 5.41) is 12.1. The Morgan fingerprint density at radius 3 is 3.00 bits per heavy atom. The van der Waals surface area contributed by atoms with Crippen molar-refractivity contribution in [1.29, 1.82) is 5.26 Å². The van der Waals surface area contributed by atoms with Gasteiger partial charge in [0.25, 0.3) is 0 Å². The van der Waals surface area contributed by atoms with Crippen molar-refractivity contribution < 1.29 is 13.2 Å². The molecule has 1 aromatic heterocycles. The second kappa shape index (κ2) is 5.69. The predicted molar refractivity (Wildman–Crippen MR) is 87.8 cm³/mol. The van der Waals surface area contributed by atoms with Crippen LogP contribution in [0.3, 0.4) is 0 Å². The normalized spacial score (nSPS) is 30.5. The zero-order chi connectivity index (χ0) is 16.8. The van der Waals surface area contributed by atoms with Gasteiger partial charge in [0.2, 0.25) is 10.0 Å². The average molecular weight is 348 g/mol. The van der Waals surface area contributed by atoms with Gasteiger partial charge in [-0.2, -0.15) is 9.57 Å². The number of ether oxygens (including phenoxy) is 1. The third-order valence-corrected chi connectivity index (χ3v) is 7.36. The van der Waals surface area contributed by atoms with Crippen molar-refractivity contribution >= 4 is 15.8 Å². The van der Waals surface area contributed by atoms with E-state index in [-0.39, 0.29) is 16.9 Å². The second-order valence-electron chi connectivity index (χ2n) is 6.89. The monoisotopic (exact) mass is 348 g/mol. The van der Waals surface area contributed by atoms with Crippen LogP contribution in [0.1, 0.15) is 31.4 Å². The Labute approximate surface area is 141 Å². The first-order chi connectivity index (χ1) is 11.5. The Morgan fingerprint density at radius 1 is 1.42 bits per heavy atom. The minimum atomic E-state index is -3.13. The van der Waals surface area contributed by atoms with Crippen LogP contribution in [0.25, 0.3) is 0 Å². The van der Waals surface area contributed by atoms with Crippen molar-refractivity contribution in [2.24, 2.45) is 0 Å². The topological polar surface area (TPSA) is 95.3 Å². The molecule has 7 nitrogen and oxygen atoms in total. The van der Waals surface area contributed by atoms with Gasteiger partial charge in [-0.05, 0) is 31.4 Å². The maximum Gasteiger partial charge on any atom is 0.217 e. The van der Waals surface area contributed by atoms with E-state index < -0.39 is 10.0 Å². The summed E-state index contributed by atoms with van der Waals surface area (Å²) in [6.45, 7) is 1.53. The first-order valence-corrected chi connectivity index (χ1v) is 9.78. The van der Waals surface area contributed by atoms with E-state index >= 15 is 0 Å². The predicted octanol–water partition coefficient (Wildman–Crippen LogP) is 1.09. The Hall–Kier alpha value is -1.69. The second-order valence-corrected chi connectivity index (χ2v) is 9.10. The van der Waals surface area contributed by atoms with Gasteiger partial charge in [0.05, 0.1) is 23.5 Å². The van der Waals surface area contributed by atoms with Crippen LogP contribution < -0.4 is 5.32 Å². The maximum absolute atomic E-state index is 12.4. The summed E-state index contributed by atoms with van der Waals surface area (Å²) < 4.78 is 32.4. The Kier molecular flexibility index (Phi) is 3.75. The summed E-state index contributed by atoms with van der Waals surface area (Å²) in [4.78, 5) is 4.22. The molecular weight excluding hydrogens is 328 g/mol. The van der Waals surface area contributed by atoms with Gasteiger partial charge < -0.3 is 10.1 Å². The maximum atomic E-state index is 12.4. The Morgan fingerprint density at radius 2 is 2.25 bits per heavy atom. The van der Waals surface area contributed by atoms with E-state index in [4.69, 9.17) is 10.00 Å². The smallest absolute Gasteiger partial charge is 0.217 e. The molecule has 0 amide bonds. The fraction of sp³-hybridized carbons (Fsp3) is 0.625. The molecule has 3 aliphatic rings. The summed E-state index contributed by atoms with van der Waals surface area (Å²) in [5.41, 5.74) is -0.0110. The molecule has 0 unspecified atom stereocenters. The van der Waals surface area contributed by atoms with Gasteiger partial charge in [-0.3, -0.25) is 0 Å². The van der Waals surface area contributed by atoms with Crippen LogP contribution >= 0.6 is 0 Å². The molecule has 8 heteroatoms. The first kappa shape index (κ1) is 15.8. The molecule has 1 aliphatic carbocycles. The summed E-state index contributed by atoms with van der Waals surface area (Å²) in [6.07, 6.45) is 3.07. The number of hydrogen-bond acceptors (Lipinski definition) is 6. The highest BCUT2D eigenvalue weighted by atomic mass is 32.2. The molecule has 3 heterocycles. The number of hydrogen-bond donors (Lipinski definition) is 1. The molecule has 2 aliphatic heterocycles. The highest BCUT2D eigenvalue weighted by Gasteiger charge is 2.51. The first-order valence-electron chi connectivity index (χ1n) is 8.27. The molecule has 2 saturated heterocycles. The van der Waals surface area contributed by atoms with E-state index in [1.807, 2.05) is 12.1 Å². The molecule has 24 heavy (non-hydrogen) atoms. The highest BCUT2D eigenvalue weighted by Crippen LogP contribution is 2.40. The summed E-state index contributed by atoms with van der Waals surface area (Å²) in [5.74, 6) is 0.653. The molecule has 1 spiro atoms. The van der Waals surface area contributed by atoms with E-state index in [1.165, 1.54) is 0 Å². The molecule has 128 valence electrons. The van der Waals surface area contributed by atoms with Crippen molar-refractivity contribution in [2.45, 2.75) is 42.6 Å². The van der Waals surface area contributed by atoms with Crippen LogP contribution in [0.15, 0.2) is 18.2 Å². The van der Waals surface area contributed by atoms with Crippen molar-refractivity contribution in [1.82, 2.24) is 9.29 Å². The van der Waals surface area contributed by atoms with Crippen molar-refractivity contribution in [3.8, 4) is 6.07 Å². The third-order valence-electron chi connectivity index (χ3n) is 5.01. The molecule has 3 fully saturated rings. The largest absolute Gasteiger partial charge is 0.371 e. The lowest BCUT2D eigenvalue weighted by atomic mass is 9.97. The lowest BCUT2D eigenvalue weighted by molar-refractivity contribution is 0.0173. The lowest BCUT2D eigenvalue weighted by Crippen LogP contribution is -2.37. The van der Waals surface area contributed by atoms with Crippen LogP contribution in [-0.2, 0) is 14.8 Å². The Balaban J connectivity index is 1.40.